The average molecular weight is 175 g/mol. The fourth-order valence-corrected chi connectivity index (χ4v) is 0.648. The van der Waals surface area contributed by atoms with Gasteiger partial charge in [0, 0.05) is 7.11 Å². The van der Waals surface area contributed by atoms with E-state index in [4.69, 9.17) is 15.2 Å². The van der Waals surface area contributed by atoms with Gasteiger partial charge in [0.15, 0.2) is 0 Å². The highest BCUT2D eigenvalue weighted by molar-refractivity contribution is 4.82. The van der Waals surface area contributed by atoms with Gasteiger partial charge < -0.3 is 15.2 Å². The van der Waals surface area contributed by atoms with Crippen molar-refractivity contribution < 1.29 is 9.47 Å². The molecule has 0 aliphatic carbocycles. The molecule has 0 spiro atoms. The van der Waals surface area contributed by atoms with Crippen LogP contribution in [0.2, 0.25) is 0 Å². The van der Waals surface area contributed by atoms with Crippen molar-refractivity contribution >= 4 is 0 Å². The first-order chi connectivity index (χ1) is 5.40. The molecule has 0 amide bonds. The number of hydrogen-bond donors (Lipinski definition) is 1. The summed E-state index contributed by atoms with van der Waals surface area (Å²) in [6.45, 7) is 8.44. The van der Waals surface area contributed by atoms with Crippen molar-refractivity contribution in [3.05, 3.63) is 0 Å². The standard InChI is InChI=1S/C9H21NO2/c1-7(2)12-6-8(10)9(3,4)11-5/h7-8H,6,10H2,1-5H3. The van der Waals surface area contributed by atoms with Crippen LogP contribution in [0, 0.1) is 0 Å². The van der Waals surface area contributed by atoms with Gasteiger partial charge >= 0.3 is 0 Å². The van der Waals surface area contributed by atoms with E-state index in [1.807, 2.05) is 27.7 Å². The molecular weight excluding hydrogens is 154 g/mol. The smallest absolute Gasteiger partial charge is 0.0795 e. The van der Waals surface area contributed by atoms with Crippen molar-refractivity contribution in [1.82, 2.24) is 0 Å². The van der Waals surface area contributed by atoms with Gasteiger partial charge in [-0.25, -0.2) is 0 Å². The third-order valence-electron chi connectivity index (χ3n) is 2.03. The molecule has 74 valence electrons. The van der Waals surface area contributed by atoms with Crippen molar-refractivity contribution in [2.75, 3.05) is 13.7 Å². The Balaban J connectivity index is 3.78. The summed E-state index contributed by atoms with van der Waals surface area (Å²) >= 11 is 0. The van der Waals surface area contributed by atoms with Gasteiger partial charge in [-0.2, -0.15) is 0 Å². The van der Waals surface area contributed by atoms with E-state index in [2.05, 4.69) is 0 Å². The molecule has 0 heterocycles. The van der Waals surface area contributed by atoms with Gasteiger partial charge in [-0.05, 0) is 27.7 Å². The van der Waals surface area contributed by atoms with E-state index >= 15 is 0 Å². The fourth-order valence-electron chi connectivity index (χ4n) is 0.648. The molecule has 1 unspecified atom stereocenters. The summed E-state index contributed by atoms with van der Waals surface area (Å²) in [4.78, 5) is 0. The van der Waals surface area contributed by atoms with Gasteiger partial charge in [0.05, 0.1) is 24.4 Å². The first kappa shape index (κ1) is 11.9. The normalized spacial score (nSPS) is 15.2. The van der Waals surface area contributed by atoms with Gasteiger partial charge in [-0.15, -0.1) is 0 Å². The summed E-state index contributed by atoms with van der Waals surface area (Å²) < 4.78 is 10.6. The second-order valence-electron chi connectivity index (χ2n) is 3.80. The highest BCUT2D eigenvalue weighted by atomic mass is 16.5. The molecule has 0 saturated carbocycles. The van der Waals surface area contributed by atoms with Crippen molar-refractivity contribution in [3.63, 3.8) is 0 Å². The molecular formula is C9H21NO2. The molecule has 0 aliphatic heterocycles. The first-order valence-electron chi connectivity index (χ1n) is 4.32. The minimum absolute atomic E-state index is 0.0788. The zero-order valence-corrected chi connectivity index (χ0v) is 8.76. The van der Waals surface area contributed by atoms with Crippen LogP contribution in [-0.2, 0) is 9.47 Å². The maximum Gasteiger partial charge on any atom is 0.0795 e. The summed E-state index contributed by atoms with van der Waals surface area (Å²) in [6, 6.07) is -0.0788. The quantitative estimate of drug-likeness (QED) is 0.682. The lowest BCUT2D eigenvalue weighted by atomic mass is 10.0. The van der Waals surface area contributed by atoms with E-state index in [-0.39, 0.29) is 17.7 Å². The fraction of sp³-hybridized carbons (Fsp3) is 1.00. The van der Waals surface area contributed by atoms with Gasteiger partial charge in [-0.3, -0.25) is 0 Å². The minimum atomic E-state index is -0.311. The molecule has 0 aromatic heterocycles. The maximum atomic E-state index is 5.86. The van der Waals surface area contributed by atoms with Crippen LogP contribution < -0.4 is 5.73 Å². The molecule has 2 N–H and O–H groups in total. The molecule has 0 aromatic carbocycles. The van der Waals surface area contributed by atoms with Crippen LogP contribution >= 0.6 is 0 Å². The van der Waals surface area contributed by atoms with Crippen LogP contribution in [0.3, 0.4) is 0 Å². The van der Waals surface area contributed by atoms with Gasteiger partial charge in [0.1, 0.15) is 0 Å². The Kier molecular flexibility index (Phi) is 4.75. The van der Waals surface area contributed by atoms with Crippen LogP contribution in [0.1, 0.15) is 27.7 Å². The van der Waals surface area contributed by atoms with E-state index in [1.165, 1.54) is 0 Å². The average Bonchev–Trinajstić information content (AvgIpc) is 2.00. The molecule has 0 aromatic rings. The number of methoxy groups -OCH3 is 1. The van der Waals surface area contributed by atoms with Gasteiger partial charge in [-0.1, -0.05) is 0 Å². The highest BCUT2D eigenvalue weighted by Crippen LogP contribution is 2.12. The SMILES string of the molecule is COC(C)(C)C(N)COC(C)C. The van der Waals surface area contributed by atoms with Crippen LogP contribution in [0.4, 0.5) is 0 Å². The van der Waals surface area contributed by atoms with E-state index in [1.54, 1.807) is 7.11 Å². The Morgan fingerprint density at radius 2 is 1.83 bits per heavy atom. The van der Waals surface area contributed by atoms with Crippen LogP contribution in [-0.4, -0.2) is 31.5 Å². The molecule has 0 bridgehead atoms. The Morgan fingerprint density at radius 1 is 1.33 bits per heavy atom. The Morgan fingerprint density at radius 3 is 2.17 bits per heavy atom. The molecule has 0 fully saturated rings. The zero-order valence-electron chi connectivity index (χ0n) is 8.76. The topological polar surface area (TPSA) is 44.5 Å². The lowest BCUT2D eigenvalue weighted by Gasteiger charge is -2.30. The second kappa shape index (κ2) is 4.80. The third-order valence-corrected chi connectivity index (χ3v) is 2.03. The molecule has 3 heteroatoms. The summed E-state index contributed by atoms with van der Waals surface area (Å²) in [5, 5.41) is 0. The van der Waals surface area contributed by atoms with Crippen LogP contribution in [0.25, 0.3) is 0 Å². The van der Waals surface area contributed by atoms with Crippen molar-refractivity contribution in [2.24, 2.45) is 5.73 Å². The van der Waals surface area contributed by atoms with Crippen molar-refractivity contribution in [1.29, 1.82) is 0 Å². The van der Waals surface area contributed by atoms with E-state index in [9.17, 15) is 0 Å². The predicted octanol–water partition coefficient (Wildman–Crippen LogP) is 1.16. The Bertz CT molecular complexity index is 124. The highest BCUT2D eigenvalue weighted by Gasteiger charge is 2.25. The van der Waals surface area contributed by atoms with E-state index < -0.39 is 0 Å². The van der Waals surface area contributed by atoms with E-state index in [0.29, 0.717) is 6.61 Å². The van der Waals surface area contributed by atoms with Crippen molar-refractivity contribution in [3.8, 4) is 0 Å². The lowest BCUT2D eigenvalue weighted by molar-refractivity contribution is -0.0368. The molecule has 12 heavy (non-hydrogen) atoms. The minimum Gasteiger partial charge on any atom is -0.377 e. The maximum absolute atomic E-state index is 5.86. The van der Waals surface area contributed by atoms with Crippen molar-refractivity contribution in [2.45, 2.75) is 45.4 Å². The summed E-state index contributed by atoms with van der Waals surface area (Å²) in [6.07, 6.45) is 0.226. The molecule has 0 saturated heterocycles. The summed E-state index contributed by atoms with van der Waals surface area (Å²) in [5.74, 6) is 0. The van der Waals surface area contributed by atoms with Gasteiger partial charge in [0.2, 0.25) is 0 Å². The number of nitrogens with two attached hydrogens (primary N) is 1. The van der Waals surface area contributed by atoms with Crippen LogP contribution in [0.15, 0.2) is 0 Å². The summed E-state index contributed by atoms with van der Waals surface area (Å²) in [7, 11) is 1.66. The van der Waals surface area contributed by atoms with E-state index in [0.717, 1.165) is 0 Å². The largest absolute Gasteiger partial charge is 0.377 e. The first-order valence-corrected chi connectivity index (χ1v) is 4.32. The molecule has 0 rings (SSSR count). The number of rotatable bonds is 5. The summed E-state index contributed by atoms with van der Waals surface area (Å²) in [5.41, 5.74) is 5.55. The third kappa shape index (κ3) is 4.04. The van der Waals surface area contributed by atoms with Gasteiger partial charge in [0.25, 0.3) is 0 Å². The molecule has 0 radical (unpaired) electrons. The lowest BCUT2D eigenvalue weighted by Crippen LogP contribution is -2.48. The molecule has 1 atom stereocenters. The Labute approximate surface area is 75.2 Å². The predicted molar refractivity (Wildman–Crippen MR) is 50.2 cm³/mol. The van der Waals surface area contributed by atoms with Crippen LogP contribution in [0.5, 0.6) is 0 Å². The zero-order chi connectivity index (χ0) is 9.78. The molecule has 3 nitrogen and oxygen atoms in total. The number of hydrogen-bond acceptors (Lipinski definition) is 3. The monoisotopic (exact) mass is 175 g/mol. The second-order valence-corrected chi connectivity index (χ2v) is 3.80. The number of ether oxygens (including phenoxy) is 2. The molecule has 0 aliphatic rings. The Hall–Kier alpha value is -0.120.